The molecular weight excluding hydrogens is 306 g/mol. The molecule has 0 aliphatic heterocycles. The van der Waals surface area contributed by atoms with Crippen LogP contribution in [0, 0.1) is 5.92 Å². The van der Waals surface area contributed by atoms with Crippen LogP contribution in [0.25, 0.3) is 11.1 Å². The predicted molar refractivity (Wildman–Crippen MR) is 90.3 cm³/mol. The van der Waals surface area contributed by atoms with E-state index >= 15 is 0 Å². The van der Waals surface area contributed by atoms with E-state index in [1.807, 2.05) is 18.2 Å². The van der Waals surface area contributed by atoms with Gasteiger partial charge in [0.25, 0.3) is 0 Å². The molecule has 0 bridgehead atoms. The van der Waals surface area contributed by atoms with Gasteiger partial charge in [-0.3, -0.25) is 4.79 Å². The summed E-state index contributed by atoms with van der Waals surface area (Å²) in [6, 6.07) is 14.6. The normalized spacial score (nSPS) is 20.7. The van der Waals surface area contributed by atoms with E-state index in [1.54, 1.807) is 0 Å². The van der Waals surface area contributed by atoms with Crippen molar-refractivity contribution >= 4 is 5.78 Å². The van der Waals surface area contributed by atoms with E-state index in [2.05, 4.69) is 24.3 Å². The van der Waals surface area contributed by atoms with E-state index in [0.717, 1.165) is 12.0 Å². The van der Waals surface area contributed by atoms with Crippen molar-refractivity contribution in [3.05, 3.63) is 59.2 Å². The fraction of sp³-hybridized carbons (Fsp3) is 0.381. The number of alkyl halides is 2. The fourth-order valence-corrected chi connectivity index (χ4v) is 4.15. The zero-order chi connectivity index (χ0) is 16.7. The Morgan fingerprint density at radius 1 is 1.08 bits per heavy atom. The second-order valence-corrected chi connectivity index (χ2v) is 7.21. The van der Waals surface area contributed by atoms with Gasteiger partial charge in [-0.1, -0.05) is 42.5 Å². The monoisotopic (exact) mass is 326 g/mol. The Morgan fingerprint density at radius 2 is 1.88 bits per heavy atom. The van der Waals surface area contributed by atoms with Crippen LogP contribution in [-0.2, 0) is 17.6 Å². The summed E-state index contributed by atoms with van der Waals surface area (Å²) in [7, 11) is 0. The zero-order valence-electron chi connectivity index (χ0n) is 13.5. The first-order valence-electron chi connectivity index (χ1n) is 8.60. The number of fused-ring (bicyclic) bond motifs is 3. The Balaban J connectivity index is 1.43. The lowest BCUT2D eigenvalue weighted by Gasteiger charge is -2.10. The van der Waals surface area contributed by atoms with E-state index in [0.29, 0.717) is 12.8 Å². The minimum atomic E-state index is -2.57. The SMILES string of the molecule is O=C(Cc1ccc2c(c1)Cc1ccccc1-2)C[C@H]1CCC(F)(F)C1. The van der Waals surface area contributed by atoms with Crippen molar-refractivity contribution in [2.75, 3.05) is 0 Å². The highest BCUT2D eigenvalue weighted by Crippen LogP contribution is 2.41. The third-order valence-corrected chi connectivity index (χ3v) is 5.28. The lowest BCUT2D eigenvalue weighted by atomic mass is 9.95. The summed E-state index contributed by atoms with van der Waals surface area (Å²) >= 11 is 0. The molecule has 0 N–H and O–H groups in total. The van der Waals surface area contributed by atoms with Gasteiger partial charge in [-0.2, -0.15) is 0 Å². The van der Waals surface area contributed by atoms with E-state index in [4.69, 9.17) is 0 Å². The van der Waals surface area contributed by atoms with Crippen LogP contribution in [0.15, 0.2) is 42.5 Å². The maximum atomic E-state index is 13.2. The molecule has 0 heterocycles. The van der Waals surface area contributed by atoms with Gasteiger partial charge in [0.05, 0.1) is 0 Å². The van der Waals surface area contributed by atoms with Gasteiger partial charge in [0.15, 0.2) is 0 Å². The molecular formula is C21H20F2O. The van der Waals surface area contributed by atoms with Crippen LogP contribution in [0.5, 0.6) is 0 Å². The molecule has 0 aromatic heterocycles. The van der Waals surface area contributed by atoms with Crippen LogP contribution >= 0.6 is 0 Å². The molecule has 2 aliphatic rings. The first-order chi connectivity index (χ1) is 11.5. The number of carbonyl (C=O) groups is 1. The van der Waals surface area contributed by atoms with Crippen molar-refractivity contribution in [3.63, 3.8) is 0 Å². The minimum Gasteiger partial charge on any atom is -0.299 e. The number of hydrogen-bond donors (Lipinski definition) is 0. The molecule has 4 rings (SSSR count). The first kappa shape index (κ1) is 15.5. The Hall–Kier alpha value is -2.03. The largest absolute Gasteiger partial charge is 0.299 e. The lowest BCUT2D eigenvalue weighted by molar-refractivity contribution is -0.119. The van der Waals surface area contributed by atoms with Gasteiger partial charge >= 0.3 is 0 Å². The molecule has 2 aliphatic carbocycles. The molecule has 1 saturated carbocycles. The molecule has 24 heavy (non-hydrogen) atoms. The third kappa shape index (κ3) is 3.00. The van der Waals surface area contributed by atoms with Crippen LogP contribution in [0.3, 0.4) is 0 Å². The molecule has 0 unspecified atom stereocenters. The van der Waals surface area contributed by atoms with Crippen molar-refractivity contribution in [1.82, 2.24) is 0 Å². The van der Waals surface area contributed by atoms with E-state index in [-0.39, 0.29) is 31.0 Å². The Bertz CT molecular complexity index is 794. The molecule has 2 aromatic rings. The lowest BCUT2D eigenvalue weighted by Crippen LogP contribution is -2.13. The molecule has 3 heteroatoms. The Labute approximate surface area is 140 Å². The molecule has 0 radical (unpaired) electrons. The summed E-state index contributed by atoms with van der Waals surface area (Å²) in [5, 5.41) is 0. The van der Waals surface area contributed by atoms with Crippen molar-refractivity contribution in [2.24, 2.45) is 5.92 Å². The topological polar surface area (TPSA) is 17.1 Å². The van der Waals surface area contributed by atoms with Gasteiger partial charge in [0.2, 0.25) is 5.92 Å². The Morgan fingerprint density at radius 3 is 2.67 bits per heavy atom. The highest BCUT2D eigenvalue weighted by Gasteiger charge is 2.39. The molecule has 1 fully saturated rings. The van der Waals surface area contributed by atoms with Gasteiger partial charge < -0.3 is 0 Å². The maximum Gasteiger partial charge on any atom is 0.248 e. The average molecular weight is 326 g/mol. The predicted octanol–water partition coefficient (Wildman–Crippen LogP) is 5.19. The van der Waals surface area contributed by atoms with Gasteiger partial charge in [0, 0.05) is 25.7 Å². The zero-order valence-corrected chi connectivity index (χ0v) is 13.5. The molecule has 1 atom stereocenters. The van der Waals surface area contributed by atoms with E-state index < -0.39 is 5.92 Å². The second kappa shape index (κ2) is 5.80. The number of Topliss-reactive ketones (excluding diaryl/α,β-unsaturated/α-hetero) is 1. The van der Waals surface area contributed by atoms with Crippen molar-refractivity contribution in [2.45, 2.75) is 44.4 Å². The average Bonchev–Trinajstić information content (AvgIpc) is 3.06. The highest BCUT2D eigenvalue weighted by molar-refractivity contribution is 5.82. The minimum absolute atomic E-state index is 0.0674. The number of carbonyl (C=O) groups excluding carboxylic acids is 1. The number of halogens is 2. The molecule has 124 valence electrons. The van der Waals surface area contributed by atoms with Crippen LogP contribution in [0.2, 0.25) is 0 Å². The summed E-state index contributed by atoms with van der Waals surface area (Å²) in [5.74, 6) is -2.64. The van der Waals surface area contributed by atoms with Crippen molar-refractivity contribution in [3.8, 4) is 11.1 Å². The van der Waals surface area contributed by atoms with Gasteiger partial charge in [-0.25, -0.2) is 8.78 Å². The Kier molecular flexibility index (Phi) is 3.75. The number of ketones is 1. The molecule has 1 nitrogen and oxygen atoms in total. The molecule has 2 aromatic carbocycles. The summed E-state index contributed by atoms with van der Waals surface area (Å²) in [5.41, 5.74) is 6.10. The number of hydrogen-bond acceptors (Lipinski definition) is 1. The summed E-state index contributed by atoms with van der Waals surface area (Å²) in [6.07, 6.45) is 1.82. The molecule has 0 spiro atoms. The van der Waals surface area contributed by atoms with E-state index in [1.165, 1.54) is 22.3 Å². The van der Waals surface area contributed by atoms with Gasteiger partial charge in [-0.15, -0.1) is 0 Å². The van der Waals surface area contributed by atoms with Crippen LogP contribution in [-0.4, -0.2) is 11.7 Å². The quantitative estimate of drug-likeness (QED) is 0.644. The fourth-order valence-electron chi connectivity index (χ4n) is 4.15. The number of benzene rings is 2. The number of rotatable bonds is 4. The van der Waals surface area contributed by atoms with Crippen molar-refractivity contribution in [1.29, 1.82) is 0 Å². The molecule has 0 saturated heterocycles. The van der Waals surface area contributed by atoms with Crippen LogP contribution in [0.1, 0.15) is 42.4 Å². The van der Waals surface area contributed by atoms with Gasteiger partial charge in [0.1, 0.15) is 5.78 Å². The summed E-state index contributed by atoms with van der Waals surface area (Å²) < 4.78 is 26.5. The molecule has 0 amide bonds. The summed E-state index contributed by atoms with van der Waals surface area (Å²) in [6.45, 7) is 0. The first-order valence-corrected chi connectivity index (χ1v) is 8.60. The second-order valence-electron chi connectivity index (χ2n) is 7.21. The standard InChI is InChI=1S/C21H20F2O/c22-21(23)8-7-15(13-21)11-18(24)10-14-5-6-20-17(9-14)12-16-3-1-2-4-19(16)20/h1-6,9,15H,7-8,10-13H2/t15-/m1/s1. The van der Waals surface area contributed by atoms with Crippen LogP contribution < -0.4 is 0 Å². The van der Waals surface area contributed by atoms with Crippen molar-refractivity contribution < 1.29 is 13.6 Å². The van der Waals surface area contributed by atoms with Crippen LogP contribution in [0.4, 0.5) is 8.78 Å². The van der Waals surface area contributed by atoms with Gasteiger partial charge in [-0.05, 0) is 46.6 Å². The highest BCUT2D eigenvalue weighted by atomic mass is 19.3. The van der Waals surface area contributed by atoms with E-state index in [9.17, 15) is 13.6 Å². The summed E-state index contributed by atoms with van der Waals surface area (Å²) in [4.78, 5) is 12.3. The smallest absolute Gasteiger partial charge is 0.248 e. The third-order valence-electron chi connectivity index (χ3n) is 5.28. The maximum absolute atomic E-state index is 13.2.